The molecule has 0 amide bonds. The summed E-state index contributed by atoms with van der Waals surface area (Å²) in [7, 11) is 0. The van der Waals surface area contributed by atoms with Gasteiger partial charge in [0.2, 0.25) is 0 Å². The van der Waals surface area contributed by atoms with Gasteiger partial charge in [-0.3, -0.25) is 0 Å². The highest BCUT2D eigenvalue weighted by Crippen LogP contribution is 2.39. The van der Waals surface area contributed by atoms with Crippen LogP contribution in [-0.4, -0.2) is 11.8 Å². The van der Waals surface area contributed by atoms with Crippen LogP contribution in [0.15, 0.2) is 182 Å². The first-order valence-corrected chi connectivity index (χ1v) is 17.4. The highest BCUT2D eigenvalue weighted by Gasteiger charge is 2.32. The number of fused-ring (bicyclic) bond motifs is 8. The van der Waals surface area contributed by atoms with E-state index in [0.29, 0.717) is 0 Å². The first kappa shape index (κ1) is 29.4. The molecule has 3 heteroatoms. The molecule has 0 fully saturated rings. The number of hydrogen-bond donors (Lipinski definition) is 1. The molecule has 0 aromatic heterocycles. The Kier molecular flexibility index (Phi) is 6.78. The van der Waals surface area contributed by atoms with Crippen LogP contribution in [0.3, 0.4) is 0 Å². The number of phenolic OH excluding ortho intramolecular Hbond substituents is 1. The number of para-hydroxylation sites is 1. The molecule has 0 saturated heterocycles. The molecular weight excluding hydrogens is 619 g/mol. The Morgan fingerprint density at radius 2 is 0.843 bits per heavy atom. The van der Waals surface area contributed by atoms with Crippen LogP contribution in [0.5, 0.6) is 17.2 Å². The second-order valence-electron chi connectivity index (χ2n) is 13.4. The van der Waals surface area contributed by atoms with Crippen molar-refractivity contribution in [2.75, 3.05) is 0 Å². The molecule has 1 N–H and O–H groups in total. The van der Waals surface area contributed by atoms with E-state index in [2.05, 4.69) is 158 Å². The third-order valence-corrected chi connectivity index (χ3v) is 10.5. The topological polar surface area (TPSA) is 29.5 Å². The van der Waals surface area contributed by atoms with Crippen LogP contribution >= 0.6 is 0 Å². The number of benzene rings is 9. The summed E-state index contributed by atoms with van der Waals surface area (Å²) in [5, 5.41) is 17.2. The molecule has 0 atom stereocenters. The molecule has 9 aromatic rings. The molecule has 0 radical (unpaired) electrons. The zero-order valence-corrected chi connectivity index (χ0v) is 27.8. The molecule has 0 spiro atoms. The molecule has 1 aliphatic rings. The van der Waals surface area contributed by atoms with Crippen LogP contribution in [0.2, 0.25) is 0 Å². The predicted octanol–water partition coefficient (Wildman–Crippen LogP) is 10.5. The predicted molar refractivity (Wildman–Crippen MR) is 215 cm³/mol. The molecule has 1 heterocycles. The monoisotopic (exact) mass is 650 g/mol. The molecule has 1 aliphatic heterocycles. The lowest BCUT2D eigenvalue weighted by Gasteiger charge is -2.27. The number of aromatic hydroxyl groups is 1. The smallest absolute Gasteiger partial charge is 0.250 e. The highest BCUT2D eigenvalue weighted by molar-refractivity contribution is 6.96. The van der Waals surface area contributed by atoms with Crippen LogP contribution < -0.4 is 21.1 Å². The summed E-state index contributed by atoms with van der Waals surface area (Å²) in [6.07, 6.45) is 0. The van der Waals surface area contributed by atoms with Crippen molar-refractivity contribution in [3.8, 4) is 50.6 Å². The minimum absolute atomic E-state index is 0.120. The molecule has 238 valence electrons. The van der Waals surface area contributed by atoms with E-state index in [4.69, 9.17) is 4.74 Å². The van der Waals surface area contributed by atoms with Crippen molar-refractivity contribution in [2.24, 2.45) is 0 Å². The Bertz CT molecular complexity index is 2780. The summed E-state index contributed by atoms with van der Waals surface area (Å²) in [6, 6.07) is 64.3. The Morgan fingerprint density at radius 3 is 1.55 bits per heavy atom. The SMILES string of the molecule is Oc1ccc2c3ccc(-c4cccc(-c5cccc(-c6ccc7c(c6)Oc6ccccc6B7c6ccccc6)c5)c4)cc3c3ccccc3c2c1. The van der Waals surface area contributed by atoms with E-state index in [0.717, 1.165) is 44.3 Å². The molecule has 0 saturated carbocycles. The van der Waals surface area contributed by atoms with E-state index in [9.17, 15) is 5.11 Å². The maximum atomic E-state index is 10.3. The lowest BCUT2D eigenvalue weighted by molar-refractivity contribution is 0.476. The van der Waals surface area contributed by atoms with Crippen molar-refractivity contribution in [1.82, 2.24) is 0 Å². The fourth-order valence-corrected chi connectivity index (χ4v) is 8.02. The van der Waals surface area contributed by atoms with E-state index in [-0.39, 0.29) is 12.5 Å². The minimum atomic E-state index is 0.120. The van der Waals surface area contributed by atoms with Gasteiger partial charge in [-0.2, -0.15) is 0 Å². The average molecular weight is 651 g/mol. The van der Waals surface area contributed by atoms with Gasteiger partial charge < -0.3 is 9.84 Å². The van der Waals surface area contributed by atoms with Gasteiger partial charge in [0, 0.05) is 0 Å². The lowest BCUT2D eigenvalue weighted by Crippen LogP contribution is -2.54. The molecule has 0 bridgehead atoms. The van der Waals surface area contributed by atoms with Gasteiger partial charge in [-0.05, 0) is 119 Å². The maximum absolute atomic E-state index is 10.3. The molecule has 0 aliphatic carbocycles. The van der Waals surface area contributed by atoms with E-state index in [1.54, 1.807) is 6.07 Å². The van der Waals surface area contributed by atoms with Crippen molar-refractivity contribution in [2.45, 2.75) is 0 Å². The van der Waals surface area contributed by atoms with Crippen LogP contribution in [-0.2, 0) is 0 Å². The Hall–Kier alpha value is -6.58. The molecule has 2 nitrogen and oxygen atoms in total. The molecule has 10 rings (SSSR count). The first-order valence-electron chi connectivity index (χ1n) is 17.4. The second-order valence-corrected chi connectivity index (χ2v) is 13.4. The Morgan fingerprint density at radius 1 is 0.333 bits per heavy atom. The Labute approximate surface area is 296 Å². The van der Waals surface area contributed by atoms with E-state index in [1.807, 2.05) is 18.2 Å². The third-order valence-electron chi connectivity index (χ3n) is 10.5. The van der Waals surface area contributed by atoms with Gasteiger partial charge in [0.15, 0.2) is 0 Å². The van der Waals surface area contributed by atoms with Gasteiger partial charge in [0.25, 0.3) is 6.71 Å². The van der Waals surface area contributed by atoms with E-state index < -0.39 is 0 Å². The van der Waals surface area contributed by atoms with Crippen LogP contribution in [0.4, 0.5) is 0 Å². The summed E-state index contributed by atoms with van der Waals surface area (Å²) < 4.78 is 6.55. The number of ether oxygens (including phenoxy) is 1. The fourth-order valence-electron chi connectivity index (χ4n) is 8.02. The largest absolute Gasteiger partial charge is 0.508 e. The van der Waals surface area contributed by atoms with E-state index in [1.165, 1.54) is 49.2 Å². The van der Waals surface area contributed by atoms with Crippen LogP contribution in [0.1, 0.15) is 0 Å². The van der Waals surface area contributed by atoms with E-state index >= 15 is 0 Å². The number of hydrogen-bond acceptors (Lipinski definition) is 2. The summed E-state index contributed by atoms with van der Waals surface area (Å²) in [4.78, 5) is 0. The number of rotatable bonds is 4. The van der Waals surface area contributed by atoms with Crippen molar-refractivity contribution in [1.29, 1.82) is 0 Å². The van der Waals surface area contributed by atoms with Gasteiger partial charge in [-0.1, -0.05) is 145 Å². The zero-order chi connectivity index (χ0) is 33.9. The summed E-state index contributed by atoms with van der Waals surface area (Å²) in [6.45, 7) is 0.120. The maximum Gasteiger partial charge on any atom is 0.250 e. The third kappa shape index (κ3) is 4.97. The van der Waals surface area contributed by atoms with Gasteiger partial charge in [-0.15, -0.1) is 0 Å². The van der Waals surface area contributed by atoms with Crippen molar-refractivity contribution in [3.05, 3.63) is 182 Å². The molecule has 9 aromatic carbocycles. The minimum Gasteiger partial charge on any atom is -0.508 e. The molecule has 0 unspecified atom stereocenters. The van der Waals surface area contributed by atoms with Crippen molar-refractivity contribution in [3.63, 3.8) is 0 Å². The molecular formula is C48H31BO2. The molecule has 51 heavy (non-hydrogen) atoms. The van der Waals surface area contributed by atoms with Gasteiger partial charge in [-0.25, -0.2) is 0 Å². The van der Waals surface area contributed by atoms with Gasteiger partial charge in [0.05, 0.1) is 0 Å². The van der Waals surface area contributed by atoms with Gasteiger partial charge >= 0.3 is 0 Å². The van der Waals surface area contributed by atoms with Crippen molar-refractivity contribution < 1.29 is 9.84 Å². The average Bonchev–Trinajstić information content (AvgIpc) is 3.20. The van der Waals surface area contributed by atoms with Gasteiger partial charge in [0.1, 0.15) is 17.2 Å². The zero-order valence-electron chi connectivity index (χ0n) is 27.8. The standard InChI is InChI=1S/C48H31BO2/c50-38-22-24-42-41-23-20-35(28-43(41)39-16-4-5-17-40(39)44(42)30-38)33-12-8-10-31(26-33)32-11-9-13-34(27-32)36-21-25-46-48(29-36)51-47-19-7-6-18-45(47)49(46)37-14-2-1-3-15-37/h1-30,50H. The number of phenols is 1. The lowest BCUT2D eigenvalue weighted by atomic mass is 9.36. The second kappa shape index (κ2) is 11.8. The van der Waals surface area contributed by atoms with Crippen molar-refractivity contribution >= 4 is 55.4 Å². The summed E-state index contributed by atoms with van der Waals surface area (Å²) in [5.74, 6) is 2.10. The quantitative estimate of drug-likeness (QED) is 0.152. The summed E-state index contributed by atoms with van der Waals surface area (Å²) >= 11 is 0. The first-order chi connectivity index (χ1) is 25.2. The highest BCUT2D eigenvalue weighted by atomic mass is 16.5. The summed E-state index contributed by atoms with van der Waals surface area (Å²) in [5.41, 5.74) is 10.6. The van der Waals surface area contributed by atoms with Crippen LogP contribution in [0.25, 0.3) is 65.7 Å². The fraction of sp³-hybridized carbons (Fsp3) is 0. The Balaban J connectivity index is 1.03. The van der Waals surface area contributed by atoms with Crippen LogP contribution in [0, 0.1) is 0 Å². The normalized spacial score (nSPS) is 12.1.